The van der Waals surface area contributed by atoms with Crippen LogP contribution in [0.3, 0.4) is 0 Å². The van der Waals surface area contributed by atoms with Crippen LogP contribution < -0.4 is 0 Å². The molecule has 0 fully saturated rings. The van der Waals surface area contributed by atoms with Crippen LogP contribution in [0, 0.1) is 0 Å². The van der Waals surface area contributed by atoms with Crippen molar-refractivity contribution in [1.82, 2.24) is 19.8 Å². The van der Waals surface area contributed by atoms with Crippen molar-refractivity contribution in [2.24, 2.45) is 0 Å². The van der Waals surface area contributed by atoms with Crippen molar-refractivity contribution in [3.8, 4) is 0 Å². The molecule has 1 aromatic heterocycles. The van der Waals surface area contributed by atoms with E-state index in [0.717, 1.165) is 18.8 Å². The molecule has 1 aliphatic rings. The lowest BCUT2D eigenvalue weighted by atomic mass is 10.5. The molecule has 0 saturated carbocycles. The number of halogens is 3. The number of aromatic amines is 1. The van der Waals surface area contributed by atoms with Gasteiger partial charge in [0.2, 0.25) is 0 Å². The molecule has 0 amide bonds. The van der Waals surface area contributed by atoms with Crippen LogP contribution in [-0.2, 0) is 16.5 Å². The first-order chi connectivity index (χ1) is 10.9. The van der Waals surface area contributed by atoms with Gasteiger partial charge in [-0.25, -0.2) is 4.98 Å². The van der Waals surface area contributed by atoms with Crippen molar-refractivity contribution >= 4 is 10.1 Å². The summed E-state index contributed by atoms with van der Waals surface area (Å²) in [6.07, 6.45) is 9.37. The van der Waals surface area contributed by atoms with Gasteiger partial charge < -0.3 is 14.8 Å². The Labute approximate surface area is 139 Å². The van der Waals surface area contributed by atoms with E-state index in [1.165, 1.54) is 0 Å². The number of aromatic nitrogens is 2. The molecule has 0 bridgehead atoms. The van der Waals surface area contributed by atoms with Gasteiger partial charge in [-0.1, -0.05) is 6.92 Å². The fourth-order valence-corrected chi connectivity index (χ4v) is 1.53. The van der Waals surface area contributed by atoms with E-state index in [9.17, 15) is 13.2 Å². The SMILES string of the molecule is CCN1C=CN(C)C1C.CCc1ncc[nH]1.O=S(=O)(O)C(F)(F)F. The fraction of sp³-hybridized carbons (Fsp3) is 0.615. The Morgan fingerprint density at radius 1 is 1.33 bits per heavy atom. The van der Waals surface area contributed by atoms with Crippen molar-refractivity contribution in [1.29, 1.82) is 0 Å². The van der Waals surface area contributed by atoms with E-state index < -0.39 is 15.6 Å². The maximum Gasteiger partial charge on any atom is 0.522 e. The van der Waals surface area contributed by atoms with Crippen LogP contribution in [0.2, 0.25) is 0 Å². The second kappa shape index (κ2) is 9.52. The zero-order valence-electron chi connectivity index (χ0n) is 13.9. The largest absolute Gasteiger partial charge is 0.522 e. The number of nitrogens with zero attached hydrogens (tertiary/aromatic N) is 3. The standard InChI is InChI=1S/C7H14N2.C5H8N2.CHF3O3S/c1-4-9-6-5-8(3)7(9)2;1-2-5-6-3-4-7-5;2-1(3,4)8(5,6)7/h5-7H,4H2,1-3H3;3-4H,2H2,1H3,(H,6,7);(H,5,6,7). The molecule has 1 aromatic rings. The van der Waals surface area contributed by atoms with E-state index in [0.29, 0.717) is 6.17 Å². The highest BCUT2D eigenvalue weighted by Crippen LogP contribution is 2.20. The van der Waals surface area contributed by atoms with Gasteiger partial charge in [-0.15, -0.1) is 0 Å². The lowest BCUT2D eigenvalue weighted by molar-refractivity contribution is -0.0510. The summed E-state index contributed by atoms with van der Waals surface area (Å²) in [5, 5.41) is 0. The third-order valence-corrected chi connectivity index (χ3v) is 3.70. The van der Waals surface area contributed by atoms with Crippen molar-refractivity contribution in [2.45, 2.75) is 38.9 Å². The number of hydrogen-bond donors (Lipinski definition) is 2. The van der Waals surface area contributed by atoms with Gasteiger partial charge in [-0.2, -0.15) is 21.6 Å². The molecule has 2 heterocycles. The predicted octanol–water partition coefficient (Wildman–Crippen LogP) is 2.44. The number of rotatable bonds is 2. The van der Waals surface area contributed by atoms with Crippen LogP contribution in [0.15, 0.2) is 24.8 Å². The molecule has 0 aromatic carbocycles. The summed E-state index contributed by atoms with van der Waals surface area (Å²) in [6, 6.07) is 0. The number of nitrogens with one attached hydrogen (secondary N) is 1. The summed E-state index contributed by atoms with van der Waals surface area (Å²) in [5.41, 5.74) is -5.53. The van der Waals surface area contributed by atoms with Crippen molar-refractivity contribution in [3.63, 3.8) is 0 Å². The Balaban J connectivity index is 0.000000333. The lowest BCUT2D eigenvalue weighted by Crippen LogP contribution is -2.33. The molecular weight excluding hydrogens is 349 g/mol. The van der Waals surface area contributed by atoms with Crippen LogP contribution in [0.25, 0.3) is 0 Å². The van der Waals surface area contributed by atoms with Crippen LogP contribution in [-0.4, -0.2) is 58.0 Å². The third-order valence-electron chi connectivity index (χ3n) is 3.11. The summed E-state index contributed by atoms with van der Waals surface area (Å²) in [5.74, 6) is 1.06. The minimum Gasteiger partial charge on any atom is -0.359 e. The monoisotopic (exact) mass is 372 g/mol. The smallest absolute Gasteiger partial charge is 0.359 e. The fourth-order valence-electron chi connectivity index (χ4n) is 1.53. The second-order valence-corrected chi connectivity index (χ2v) is 6.15. The van der Waals surface area contributed by atoms with Gasteiger partial charge in [0, 0.05) is 44.8 Å². The molecule has 11 heteroatoms. The minimum absolute atomic E-state index is 0.551. The summed E-state index contributed by atoms with van der Waals surface area (Å²) >= 11 is 0. The molecule has 0 aliphatic carbocycles. The van der Waals surface area contributed by atoms with Crippen LogP contribution in [0.5, 0.6) is 0 Å². The van der Waals surface area contributed by atoms with Crippen molar-refractivity contribution < 1.29 is 26.1 Å². The molecule has 7 nitrogen and oxygen atoms in total. The van der Waals surface area contributed by atoms with Crippen LogP contribution >= 0.6 is 0 Å². The number of alkyl halides is 3. The Hall–Kier alpha value is -1.75. The van der Waals surface area contributed by atoms with E-state index in [4.69, 9.17) is 13.0 Å². The van der Waals surface area contributed by atoms with Gasteiger partial charge in [-0.3, -0.25) is 4.55 Å². The first kappa shape index (κ1) is 22.2. The molecular formula is C13H23F3N4O3S. The molecule has 1 aliphatic heterocycles. The quantitative estimate of drug-likeness (QED) is 0.612. The van der Waals surface area contributed by atoms with Gasteiger partial charge in [0.25, 0.3) is 0 Å². The van der Waals surface area contributed by atoms with Crippen LogP contribution in [0.4, 0.5) is 13.2 Å². The average molecular weight is 372 g/mol. The van der Waals surface area contributed by atoms with E-state index in [1.54, 1.807) is 6.20 Å². The Morgan fingerprint density at radius 3 is 2.04 bits per heavy atom. The summed E-state index contributed by atoms with van der Waals surface area (Å²) in [7, 11) is -3.75. The first-order valence-electron chi connectivity index (χ1n) is 7.12. The van der Waals surface area contributed by atoms with E-state index >= 15 is 0 Å². The maximum atomic E-state index is 10.7. The molecule has 1 atom stereocenters. The maximum absolute atomic E-state index is 10.7. The van der Waals surface area contributed by atoms with Crippen molar-refractivity contribution in [3.05, 3.63) is 30.6 Å². The van der Waals surface area contributed by atoms with Crippen LogP contribution in [0.1, 0.15) is 26.6 Å². The zero-order valence-corrected chi connectivity index (χ0v) is 14.8. The second-order valence-electron chi connectivity index (χ2n) is 4.74. The highest BCUT2D eigenvalue weighted by molar-refractivity contribution is 7.86. The molecule has 140 valence electrons. The van der Waals surface area contributed by atoms with Crippen molar-refractivity contribution in [2.75, 3.05) is 13.6 Å². The van der Waals surface area contributed by atoms with E-state index in [1.807, 2.05) is 6.20 Å². The summed E-state index contributed by atoms with van der Waals surface area (Å²) in [6.45, 7) is 7.53. The van der Waals surface area contributed by atoms with Gasteiger partial charge in [0.05, 0.1) is 6.17 Å². The van der Waals surface area contributed by atoms with E-state index in [-0.39, 0.29) is 0 Å². The minimum atomic E-state index is -5.84. The lowest BCUT2D eigenvalue weighted by Gasteiger charge is -2.25. The van der Waals surface area contributed by atoms with E-state index in [2.05, 4.69) is 60.0 Å². The topological polar surface area (TPSA) is 89.5 Å². The Morgan fingerprint density at radius 2 is 1.88 bits per heavy atom. The Bertz CT molecular complexity index is 588. The molecule has 24 heavy (non-hydrogen) atoms. The number of aryl methyl sites for hydroxylation is 1. The number of hydrogen-bond acceptors (Lipinski definition) is 5. The first-order valence-corrected chi connectivity index (χ1v) is 8.56. The van der Waals surface area contributed by atoms with Gasteiger partial charge >= 0.3 is 15.6 Å². The highest BCUT2D eigenvalue weighted by Gasteiger charge is 2.44. The molecule has 0 spiro atoms. The van der Waals surface area contributed by atoms with Gasteiger partial charge in [0.15, 0.2) is 0 Å². The average Bonchev–Trinajstić information content (AvgIpc) is 3.09. The number of imidazole rings is 1. The number of H-pyrrole nitrogens is 1. The predicted molar refractivity (Wildman–Crippen MR) is 84.3 cm³/mol. The third kappa shape index (κ3) is 7.68. The summed E-state index contributed by atoms with van der Waals surface area (Å²) in [4.78, 5) is 11.4. The summed E-state index contributed by atoms with van der Waals surface area (Å²) < 4.78 is 57.5. The molecule has 1 unspecified atom stereocenters. The Kier molecular flexibility index (Phi) is 8.83. The zero-order chi connectivity index (χ0) is 19.0. The molecule has 2 N–H and O–H groups in total. The molecule has 0 radical (unpaired) electrons. The normalized spacial score (nSPS) is 17.1. The van der Waals surface area contributed by atoms with Gasteiger partial charge in [0.1, 0.15) is 5.82 Å². The van der Waals surface area contributed by atoms with Gasteiger partial charge in [-0.05, 0) is 13.8 Å². The highest BCUT2D eigenvalue weighted by atomic mass is 32.2. The molecule has 0 saturated heterocycles. The molecule has 2 rings (SSSR count).